The number of nitrogens with zero attached hydrogens (tertiary/aromatic N) is 2. The van der Waals surface area contributed by atoms with E-state index in [1.165, 1.54) is 6.08 Å². The zero-order chi connectivity index (χ0) is 21.7. The highest BCUT2D eigenvalue weighted by Crippen LogP contribution is 2.23. The average molecular weight is 424 g/mol. The van der Waals surface area contributed by atoms with Crippen LogP contribution in [0.5, 0.6) is 0 Å². The van der Waals surface area contributed by atoms with E-state index >= 15 is 0 Å². The number of aromatic nitrogens is 2. The smallest absolute Gasteiger partial charge is 0.307 e. The van der Waals surface area contributed by atoms with Crippen LogP contribution in [0.4, 0.5) is 5.69 Å². The van der Waals surface area contributed by atoms with Crippen molar-refractivity contribution >= 4 is 35.2 Å². The number of hydrogen-bond donors (Lipinski definition) is 2. The van der Waals surface area contributed by atoms with Crippen LogP contribution in [-0.2, 0) is 22.6 Å². The molecule has 1 heterocycles. The lowest BCUT2D eigenvalue weighted by Gasteiger charge is -2.10. The molecule has 3 rings (SSSR count). The minimum absolute atomic E-state index is 0.0626. The van der Waals surface area contributed by atoms with Crippen molar-refractivity contribution in [2.75, 3.05) is 5.32 Å². The van der Waals surface area contributed by atoms with E-state index in [1.54, 1.807) is 29.8 Å². The number of amides is 1. The van der Waals surface area contributed by atoms with Gasteiger partial charge in [0.2, 0.25) is 5.91 Å². The second kappa shape index (κ2) is 9.41. The van der Waals surface area contributed by atoms with Gasteiger partial charge in [0.05, 0.1) is 18.7 Å². The Morgan fingerprint density at radius 1 is 1.17 bits per heavy atom. The Balaban J connectivity index is 1.69. The Hall–Kier alpha value is -3.38. The number of carbonyl (C=O) groups excluding carboxylic acids is 1. The number of aryl methyl sites for hydroxylation is 1. The second-order valence-corrected chi connectivity index (χ2v) is 7.32. The highest BCUT2D eigenvalue weighted by Gasteiger charge is 2.15. The van der Waals surface area contributed by atoms with Gasteiger partial charge in [-0.1, -0.05) is 48.0 Å². The lowest BCUT2D eigenvalue weighted by molar-refractivity contribution is -0.136. The van der Waals surface area contributed by atoms with Crippen LogP contribution in [0.1, 0.15) is 28.1 Å². The van der Waals surface area contributed by atoms with Gasteiger partial charge in [0, 0.05) is 28.0 Å². The Morgan fingerprint density at radius 2 is 1.90 bits per heavy atom. The molecule has 0 aliphatic heterocycles. The number of benzene rings is 2. The molecular formula is C23H22ClN3O3. The molecule has 0 aliphatic rings. The summed E-state index contributed by atoms with van der Waals surface area (Å²) in [5.41, 5.74) is 4.56. The van der Waals surface area contributed by atoms with E-state index in [0.717, 1.165) is 16.8 Å². The molecule has 0 fully saturated rings. The van der Waals surface area contributed by atoms with E-state index in [9.17, 15) is 9.59 Å². The van der Waals surface area contributed by atoms with Gasteiger partial charge in [0.1, 0.15) is 0 Å². The van der Waals surface area contributed by atoms with E-state index < -0.39 is 5.97 Å². The third-order valence-corrected chi connectivity index (χ3v) is 5.08. The van der Waals surface area contributed by atoms with Crippen molar-refractivity contribution < 1.29 is 14.7 Å². The van der Waals surface area contributed by atoms with Crippen molar-refractivity contribution in [2.45, 2.75) is 26.8 Å². The fraction of sp³-hybridized carbons (Fsp3) is 0.174. The predicted octanol–water partition coefficient (Wildman–Crippen LogP) is 4.48. The third kappa shape index (κ3) is 5.36. The van der Waals surface area contributed by atoms with Crippen molar-refractivity contribution in [3.05, 3.63) is 87.7 Å². The summed E-state index contributed by atoms with van der Waals surface area (Å²) >= 11 is 6.41. The lowest BCUT2D eigenvalue weighted by atomic mass is 10.1. The average Bonchev–Trinajstić information content (AvgIpc) is 2.96. The highest BCUT2D eigenvalue weighted by molar-refractivity contribution is 6.31. The second-order valence-electron chi connectivity index (χ2n) is 6.92. The number of anilines is 1. The van der Waals surface area contributed by atoms with Crippen LogP contribution < -0.4 is 5.32 Å². The third-order valence-electron chi connectivity index (χ3n) is 4.73. The lowest BCUT2D eigenvalue weighted by Crippen LogP contribution is -2.09. The molecule has 0 radical (unpaired) electrons. The number of carboxylic acids is 1. The van der Waals surface area contributed by atoms with Gasteiger partial charge in [-0.2, -0.15) is 5.10 Å². The first-order chi connectivity index (χ1) is 14.3. The maximum absolute atomic E-state index is 12.1. The maximum Gasteiger partial charge on any atom is 0.307 e. The minimum Gasteiger partial charge on any atom is -0.481 e. The van der Waals surface area contributed by atoms with Gasteiger partial charge in [-0.25, -0.2) is 0 Å². The van der Waals surface area contributed by atoms with E-state index in [2.05, 4.69) is 10.4 Å². The fourth-order valence-electron chi connectivity index (χ4n) is 3.13. The first-order valence-electron chi connectivity index (χ1n) is 9.40. The normalized spacial score (nSPS) is 11.0. The first-order valence-corrected chi connectivity index (χ1v) is 9.78. The SMILES string of the molecule is Cc1nn(Cc2ccc(NC(=O)/C=C/c3ccccc3)cc2Cl)c(C)c1CC(=O)O. The predicted molar refractivity (Wildman–Crippen MR) is 118 cm³/mol. The molecule has 0 bridgehead atoms. The maximum atomic E-state index is 12.1. The Bertz CT molecular complexity index is 1100. The van der Waals surface area contributed by atoms with Gasteiger partial charge in [-0.15, -0.1) is 0 Å². The molecule has 2 aromatic carbocycles. The largest absolute Gasteiger partial charge is 0.481 e. The monoisotopic (exact) mass is 423 g/mol. The van der Waals surface area contributed by atoms with E-state index in [0.29, 0.717) is 28.5 Å². The Kier molecular flexibility index (Phi) is 6.69. The van der Waals surface area contributed by atoms with Gasteiger partial charge >= 0.3 is 5.97 Å². The quantitative estimate of drug-likeness (QED) is 0.549. The van der Waals surface area contributed by atoms with E-state index in [-0.39, 0.29) is 12.3 Å². The molecule has 0 saturated heterocycles. The van der Waals surface area contributed by atoms with Gasteiger partial charge < -0.3 is 10.4 Å². The van der Waals surface area contributed by atoms with Crippen LogP contribution in [0, 0.1) is 13.8 Å². The molecule has 1 amide bonds. The summed E-state index contributed by atoms with van der Waals surface area (Å²) in [5.74, 6) is -1.14. The number of carbonyl (C=O) groups is 2. The summed E-state index contributed by atoms with van der Waals surface area (Å²) in [6.45, 7) is 4.05. The summed E-state index contributed by atoms with van der Waals surface area (Å²) in [6, 6.07) is 14.8. The molecule has 0 saturated carbocycles. The molecule has 154 valence electrons. The summed E-state index contributed by atoms with van der Waals surface area (Å²) in [4.78, 5) is 23.2. The molecule has 0 atom stereocenters. The zero-order valence-electron chi connectivity index (χ0n) is 16.7. The molecule has 0 aliphatic carbocycles. The topological polar surface area (TPSA) is 84.2 Å². The number of carboxylic acid groups (broad SMARTS) is 1. The molecule has 0 spiro atoms. The van der Waals surface area contributed by atoms with Crippen molar-refractivity contribution in [3.8, 4) is 0 Å². The standard InChI is InChI=1S/C23H22ClN3O3/c1-15-20(13-23(29)30)16(2)27(26-15)14-18-9-10-19(12-21(18)24)25-22(28)11-8-17-6-4-3-5-7-17/h3-12H,13-14H2,1-2H3,(H,25,28)(H,29,30)/b11-8+. The zero-order valence-corrected chi connectivity index (χ0v) is 17.5. The summed E-state index contributed by atoms with van der Waals surface area (Å²) in [7, 11) is 0. The molecular weight excluding hydrogens is 402 g/mol. The van der Waals surface area contributed by atoms with Crippen LogP contribution >= 0.6 is 11.6 Å². The molecule has 1 aromatic heterocycles. The van der Waals surface area contributed by atoms with Gasteiger partial charge in [-0.05, 0) is 43.2 Å². The Labute approximate surface area is 179 Å². The molecule has 30 heavy (non-hydrogen) atoms. The van der Waals surface area contributed by atoms with Crippen LogP contribution in [0.25, 0.3) is 6.08 Å². The van der Waals surface area contributed by atoms with Gasteiger partial charge in [0.15, 0.2) is 0 Å². The number of aliphatic carboxylic acids is 1. The Morgan fingerprint density at radius 3 is 2.57 bits per heavy atom. The van der Waals surface area contributed by atoms with Crippen LogP contribution in [-0.4, -0.2) is 26.8 Å². The minimum atomic E-state index is -0.889. The van der Waals surface area contributed by atoms with Crippen LogP contribution in [0.2, 0.25) is 5.02 Å². The first kappa shape index (κ1) is 21.3. The van der Waals surface area contributed by atoms with Crippen molar-refractivity contribution in [1.29, 1.82) is 0 Å². The van der Waals surface area contributed by atoms with Gasteiger partial charge in [-0.3, -0.25) is 14.3 Å². The molecule has 7 heteroatoms. The van der Waals surface area contributed by atoms with Crippen LogP contribution in [0.3, 0.4) is 0 Å². The molecule has 2 N–H and O–H groups in total. The molecule has 0 unspecified atom stereocenters. The summed E-state index contributed by atoms with van der Waals surface area (Å²) < 4.78 is 1.75. The molecule has 3 aromatic rings. The number of nitrogens with one attached hydrogen (secondary N) is 1. The number of hydrogen-bond acceptors (Lipinski definition) is 3. The van der Waals surface area contributed by atoms with E-state index in [4.69, 9.17) is 16.7 Å². The van der Waals surface area contributed by atoms with Crippen molar-refractivity contribution in [1.82, 2.24) is 9.78 Å². The van der Waals surface area contributed by atoms with Crippen molar-refractivity contribution in [3.63, 3.8) is 0 Å². The number of halogens is 1. The number of rotatable bonds is 7. The van der Waals surface area contributed by atoms with Gasteiger partial charge in [0.25, 0.3) is 0 Å². The fourth-order valence-corrected chi connectivity index (χ4v) is 3.37. The van der Waals surface area contributed by atoms with Crippen molar-refractivity contribution in [2.24, 2.45) is 0 Å². The molecule has 6 nitrogen and oxygen atoms in total. The summed E-state index contributed by atoms with van der Waals surface area (Å²) in [5, 5.41) is 16.8. The van der Waals surface area contributed by atoms with Crippen LogP contribution in [0.15, 0.2) is 54.6 Å². The summed E-state index contributed by atoms with van der Waals surface area (Å²) in [6.07, 6.45) is 3.15. The highest BCUT2D eigenvalue weighted by atomic mass is 35.5. The van der Waals surface area contributed by atoms with E-state index in [1.807, 2.05) is 43.3 Å².